The fourth-order valence-corrected chi connectivity index (χ4v) is 2.21. The molecule has 94 valence electrons. The van der Waals surface area contributed by atoms with Crippen molar-refractivity contribution in [3.8, 4) is 17.5 Å². The molecule has 6 nitrogen and oxygen atoms in total. The smallest absolute Gasteiger partial charge is 0.257 e. The van der Waals surface area contributed by atoms with Gasteiger partial charge in [0.25, 0.3) is 5.91 Å². The molecule has 2 aromatic heterocycles. The van der Waals surface area contributed by atoms with Gasteiger partial charge in [0.2, 0.25) is 0 Å². The first-order valence-electron chi connectivity index (χ1n) is 5.96. The molecule has 2 aliphatic rings. The topological polar surface area (TPSA) is 94.5 Å². The number of nitrogens with zero attached hydrogens (tertiary/aromatic N) is 3. The molecule has 1 amide bonds. The molecule has 2 aromatic rings. The molecular formula is C14H7N5O. The largest absolute Gasteiger partial charge is 0.359 e. The van der Waals surface area contributed by atoms with Crippen LogP contribution in [0.15, 0.2) is 30.6 Å². The van der Waals surface area contributed by atoms with Crippen LogP contribution in [0.2, 0.25) is 0 Å². The molecule has 6 heteroatoms. The highest BCUT2D eigenvalue weighted by atomic mass is 16.1. The Morgan fingerprint density at radius 2 is 2.30 bits per heavy atom. The van der Waals surface area contributed by atoms with Gasteiger partial charge in [-0.05, 0) is 18.2 Å². The fraction of sp³-hybridized carbons (Fsp3) is 0. The molecule has 2 N–H and O–H groups in total. The third-order valence-corrected chi connectivity index (χ3v) is 3.24. The summed E-state index contributed by atoms with van der Waals surface area (Å²) in [5, 5.41) is 12.3. The van der Waals surface area contributed by atoms with Crippen LogP contribution in [0.3, 0.4) is 0 Å². The zero-order valence-corrected chi connectivity index (χ0v) is 10.1. The van der Waals surface area contributed by atoms with E-state index in [-0.39, 0.29) is 5.91 Å². The van der Waals surface area contributed by atoms with E-state index in [0.29, 0.717) is 16.9 Å². The quantitative estimate of drug-likeness (QED) is 0.577. The third kappa shape index (κ3) is 1.47. The molecule has 3 heterocycles. The van der Waals surface area contributed by atoms with Crippen molar-refractivity contribution in [3.63, 3.8) is 0 Å². The number of carbonyl (C=O) groups is 1. The van der Waals surface area contributed by atoms with Crippen molar-refractivity contribution < 1.29 is 4.79 Å². The number of rotatable bonds is 2. The first-order valence-corrected chi connectivity index (χ1v) is 5.96. The van der Waals surface area contributed by atoms with Gasteiger partial charge in [-0.3, -0.25) is 4.79 Å². The van der Waals surface area contributed by atoms with Gasteiger partial charge in [-0.25, -0.2) is 9.97 Å². The predicted molar refractivity (Wildman–Crippen MR) is 72.0 cm³/mol. The van der Waals surface area contributed by atoms with Crippen molar-refractivity contribution in [3.05, 3.63) is 41.9 Å². The van der Waals surface area contributed by atoms with Crippen LogP contribution in [-0.4, -0.2) is 20.9 Å². The number of pyridine rings is 2. The van der Waals surface area contributed by atoms with E-state index in [9.17, 15) is 4.79 Å². The van der Waals surface area contributed by atoms with E-state index in [1.807, 2.05) is 12.1 Å². The van der Waals surface area contributed by atoms with Gasteiger partial charge in [0.15, 0.2) is 0 Å². The molecule has 0 radical (unpaired) electrons. The Balaban J connectivity index is 1.63. The summed E-state index contributed by atoms with van der Waals surface area (Å²) in [7, 11) is 0. The molecule has 0 bridgehead atoms. The Morgan fingerprint density at radius 3 is 3.05 bits per heavy atom. The number of anilines is 1. The summed E-state index contributed by atoms with van der Waals surface area (Å²) in [5.41, 5.74) is 4.24. The van der Waals surface area contributed by atoms with Crippen molar-refractivity contribution in [2.75, 3.05) is 5.32 Å². The molecule has 0 aromatic carbocycles. The standard InChI is InChI=1S/C14H7N5O/c15-4-7-1-2-8(5-16-7)18-14(20)10-6-17-12-9(10)3-11-13(12)19-11/h1-3,5-6,17H,(H,18,20). The highest BCUT2D eigenvalue weighted by Gasteiger charge is 2.25. The monoisotopic (exact) mass is 261 g/mol. The molecule has 0 saturated carbocycles. The minimum Gasteiger partial charge on any atom is -0.359 e. The van der Waals surface area contributed by atoms with Crippen LogP contribution in [0.25, 0.3) is 22.3 Å². The summed E-state index contributed by atoms with van der Waals surface area (Å²) in [6, 6.07) is 7.03. The van der Waals surface area contributed by atoms with Crippen molar-refractivity contribution >= 4 is 22.5 Å². The van der Waals surface area contributed by atoms with E-state index in [4.69, 9.17) is 5.26 Å². The van der Waals surface area contributed by atoms with Crippen LogP contribution >= 0.6 is 0 Å². The Hall–Kier alpha value is -3.20. The highest BCUT2D eigenvalue weighted by Crippen LogP contribution is 2.39. The molecule has 20 heavy (non-hydrogen) atoms. The van der Waals surface area contributed by atoms with E-state index in [1.165, 1.54) is 6.20 Å². The Kier molecular flexibility index (Phi) is 1.95. The average molecular weight is 261 g/mol. The number of nitrogens with one attached hydrogen (secondary N) is 2. The number of aromatic nitrogens is 3. The van der Waals surface area contributed by atoms with Crippen LogP contribution in [0, 0.1) is 11.3 Å². The number of fused-ring (bicyclic) bond motifs is 3. The molecule has 0 spiro atoms. The lowest BCUT2D eigenvalue weighted by Gasteiger charge is -2.03. The van der Waals surface area contributed by atoms with E-state index >= 15 is 0 Å². The number of hydrogen-bond acceptors (Lipinski definition) is 4. The lowest BCUT2D eigenvalue weighted by Crippen LogP contribution is -2.11. The predicted octanol–water partition coefficient (Wildman–Crippen LogP) is 2.06. The fourth-order valence-electron chi connectivity index (χ4n) is 2.21. The minimum absolute atomic E-state index is 0.215. The summed E-state index contributed by atoms with van der Waals surface area (Å²) >= 11 is 0. The van der Waals surface area contributed by atoms with E-state index in [1.54, 1.807) is 18.3 Å². The van der Waals surface area contributed by atoms with Gasteiger partial charge >= 0.3 is 0 Å². The maximum Gasteiger partial charge on any atom is 0.257 e. The normalized spacial score (nSPS) is 11.2. The first-order chi connectivity index (χ1) is 9.76. The summed E-state index contributed by atoms with van der Waals surface area (Å²) < 4.78 is 0. The number of carbonyl (C=O) groups excluding carboxylic acids is 1. The Bertz CT molecular complexity index is 902. The summed E-state index contributed by atoms with van der Waals surface area (Å²) in [5.74, 6) is -0.215. The second kappa shape index (κ2) is 3.65. The van der Waals surface area contributed by atoms with Gasteiger partial charge in [-0.2, -0.15) is 5.26 Å². The lowest BCUT2D eigenvalue weighted by atomic mass is 10.2. The van der Waals surface area contributed by atoms with E-state index in [0.717, 1.165) is 22.3 Å². The first kappa shape index (κ1) is 10.7. The van der Waals surface area contributed by atoms with Crippen molar-refractivity contribution in [1.82, 2.24) is 15.0 Å². The zero-order chi connectivity index (χ0) is 13.7. The molecule has 4 rings (SSSR count). The van der Waals surface area contributed by atoms with Crippen molar-refractivity contribution in [1.29, 1.82) is 5.26 Å². The van der Waals surface area contributed by atoms with E-state index in [2.05, 4.69) is 20.3 Å². The molecule has 1 aliphatic heterocycles. The summed E-state index contributed by atoms with van der Waals surface area (Å²) in [4.78, 5) is 23.3. The maximum atomic E-state index is 12.2. The second-order valence-electron chi connectivity index (χ2n) is 4.48. The van der Waals surface area contributed by atoms with Crippen molar-refractivity contribution in [2.45, 2.75) is 0 Å². The Labute approximate surface area is 113 Å². The highest BCUT2D eigenvalue weighted by molar-refractivity contribution is 6.17. The van der Waals surface area contributed by atoms with Gasteiger partial charge in [0, 0.05) is 11.6 Å². The maximum absolute atomic E-state index is 12.2. The molecular weight excluding hydrogens is 254 g/mol. The molecule has 0 atom stereocenters. The average Bonchev–Trinajstić information content (AvgIpc) is 2.95. The van der Waals surface area contributed by atoms with Crippen LogP contribution in [0.1, 0.15) is 16.1 Å². The molecule has 1 aliphatic carbocycles. The van der Waals surface area contributed by atoms with Gasteiger partial charge in [-0.15, -0.1) is 0 Å². The SMILES string of the molecule is N#Cc1ccc(NC(=O)c2c[nH]c3c4nc-4cc23)cn1. The summed E-state index contributed by atoms with van der Waals surface area (Å²) in [6.45, 7) is 0. The van der Waals surface area contributed by atoms with Gasteiger partial charge in [0.05, 0.1) is 28.7 Å². The third-order valence-electron chi connectivity index (χ3n) is 3.24. The van der Waals surface area contributed by atoms with Crippen LogP contribution in [0.5, 0.6) is 0 Å². The van der Waals surface area contributed by atoms with Gasteiger partial charge in [0.1, 0.15) is 17.5 Å². The number of aromatic amines is 1. The van der Waals surface area contributed by atoms with Crippen LogP contribution < -0.4 is 5.32 Å². The number of H-pyrrole nitrogens is 1. The molecule has 0 saturated heterocycles. The zero-order valence-electron chi connectivity index (χ0n) is 10.1. The van der Waals surface area contributed by atoms with Gasteiger partial charge < -0.3 is 10.3 Å². The number of nitriles is 1. The lowest BCUT2D eigenvalue weighted by molar-refractivity contribution is 0.102. The Morgan fingerprint density at radius 1 is 1.40 bits per heavy atom. The van der Waals surface area contributed by atoms with Gasteiger partial charge in [-0.1, -0.05) is 0 Å². The van der Waals surface area contributed by atoms with E-state index < -0.39 is 0 Å². The van der Waals surface area contributed by atoms with Crippen LogP contribution in [0.4, 0.5) is 5.69 Å². The van der Waals surface area contributed by atoms with Crippen LogP contribution in [-0.2, 0) is 0 Å². The number of hydrogen-bond donors (Lipinski definition) is 2. The summed E-state index contributed by atoms with van der Waals surface area (Å²) in [6.07, 6.45) is 3.13. The van der Waals surface area contributed by atoms with Crippen molar-refractivity contribution in [2.24, 2.45) is 0 Å². The minimum atomic E-state index is -0.215. The molecule has 0 unspecified atom stereocenters. The molecule has 0 fully saturated rings. The second-order valence-corrected chi connectivity index (χ2v) is 4.48. The number of amides is 1.